The van der Waals surface area contributed by atoms with Gasteiger partial charge in [0.05, 0.1) is 17.3 Å². The number of nitrogens with one attached hydrogen (secondary N) is 2. The Labute approximate surface area is 194 Å². The van der Waals surface area contributed by atoms with Crippen LogP contribution in [-0.4, -0.2) is 56.2 Å². The molecule has 1 aromatic carbocycles. The number of anilines is 3. The zero-order chi connectivity index (χ0) is 24.6. The molecule has 0 unspecified atom stereocenters. The van der Waals surface area contributed by atoms with Gasteiger partial charge in [0.15, 0.2) is 11.6 Å². The van der Waals surface area contributed by atoms with Crippen molar-refractivity contribution in [2.45, 2.75) is 50.8 Å². The van der Waals surface area contributed by atoms with Crippen LogP contribution in [0.3, 0.4) is 0 Å². The first kappa shape index (κ1) is 23.8. The first-order chi connectivity index (χ1) is 16.0. The van der Waals surface area contributed by atoms with Crippen LogP contribution in [0.1, 0.15) is 32.6 Å². The van der Waals surface area contributed by atoms with E-state index in [1.54, 1.807) is 20.2 Å². The van der Waals surface area contributed by atoms with E-state index in [9.17, 15) is 23.1 Å². The first-order valence-electron chi connectivity index (χ1n) is 11.0. The summed E-state index contributed by atoms with van der Waals surface area (Å²) in [5.41, 5.74) is -0.294. The molecule has 8 nitrogen and oxygen atoms in total. The van der Waals surface area contributed by atoms with Gasteiger partial charge in [0, 0.05) is 38.3 Å². The quantitative estimate of drug-likeness (QED) is 0.501. The van der Waals surface area contributed by atoms with Crippen molar-refractivity contribution in [3.05, 3.63) is 41.8 Å². The van der Waals surface area contributed by atoms with Crippen molar-refractivity contribution in [3.8, 4) is 0 Å². The number of hydrogen-bond donors (Lipinski definition) is 3. The fourth-order valence-electron chi connectivity index (χ4n) is 4.01. The molecule has 3 N–H and O–H groups in total. The van der Waals surface area contributed by atoms with Crippen molar-refractivity contribution in [1.82, 2.24) is 19.4 Å². The van der Waals surface area contributed by atoms with Crippen LogP contribution < -0.4 is 10.6 Å². The van der Waals surface area contributed by atoms with E-state index in [1.807, 2.05) is 6.92 Å². The lowest BCUT2D eigenvalue weighted by atomic mass is 9.84. The lowest BCUT2D eigenvalue weighted by Gasteiger charge is -2.33. The summed E-state index contributed by atoms with van der Waals surface area (Å²) < 4.78 is 43.3. The normalized spacial score (nSPS) is 20.4. The van der Waals surface area contributed by atoms with E-state index in [1.165, 1.54) is 15.7 Å². The predicted octanol–water partition coefficient (Wildman–Crippen LogP) is 3.79. The van der Waals surface area contributed by atoms with Gasteiger partial charge in [-0.05, 0) is 32.6 Å². The molecule has 0 bridgehead atoms. The number of likely N-dealkylation sites (N-methyl/N-ethyl adjacent to an activating group) is 1. The monoisotopic (exact) mass is 476 g/mol. The van der Waals surface area contributed by atoms with E-state index in [4.69, 9.17) is 0 Å². The lowest BCUT2D eigenvalue weighted by molar-refractivity contribution is -0.129. The van der Waals surface area contributed by atoms with Crippen LogP contribution in [0.2, 0.25) is 0 Å². The Morgan fingerprint density at radius 3 is 2.47 bits per heavy atom. The minimum absolute atomic E-state index is 0.0160. The predicted molar refractivity (Wildman–Crippen MR) is 122 cm³/mol. The van der Waals surface area contributed by atoms with Crippen LogP contribution in [0, 0.1) is 17.5 Å². The minimum Gasteiger partial charge on any atom is -0.390 e. The zero-order valence-electron chi connectivity index (χ0n) is 19.2. The molecule has 1 aliphatic carbocycles. The molecule has 2 aromatic heterocycles. The van der Waals surface area contributed by atoms with E-state index in [-0.39, 0.29) is 24.4 Å². The van der Waals surface area contributed by atoms with Gasteiger partial charge in [0.25, 0.3) is 0 Å². The molecule has 0 aliphatic heterocycles. The number of halogens is 3. The van der Waals surface area contributed by atoms with Gasteiger partial charge in [-0.25, -0.2) is 23.1 Å². The number of nitrogens with zero attached hydrogens (tertiary/aromatic N) is 4. The average molecular weight is 477 g/mol. The van der Waals surface area contributed by atoms with Gasteiger partial charge in [0.2, 0.25) is 11.9 Å². The number of imidazole rings is 1. The Bertz CT molecular complexity index is 1190. The van der Waals surface area contributed by atoms with E-state index < -0.39 is 28.7 Å². The first-order valence-corrected chi connectivity index (χ1v) is 11.0. The molecular formula is C23H27F3N6O2. The Hall–Kier alpha value is -3.34. The molecule has 11 heteroatoms. The highest BCUT2D eigenvalue weighted by Gasteiger charge is 2.29. The van der Waals surface area contributed by atoms with Crippen molar-refractivity contribution < 1.29 is 23.1 Å². The van der Waals surface area contributed by atoms with Crippen LogP contribution in [0.15, 0.2) is 24.4 Å². The summed E-state index contributed by atoms with van der Waals surface area (Å²) in [6.07, 6.45) is 4.41. The number of fused-ring (bicyclic) bond motifs is 1. The van der Waals surface area contributed by atoms with Gasteiger partial charge in [-0.2, -0.15) is 0 Å². The molecule has 1 saturated carbocycles. The number of aliphatic hydroxyl groups is 1. The third kappa shape index (κ3) is 5.09. The van der Waals surface area contributed by atoms with Crippen LogP contribution in [-0.2, 0) is 11.3 Å². The van der Waals surface area contributed by atoms with Crippen molar-refractivity contribution >= 4 is 34.4 Å². The van der Waals surface area contributed by atoms with Crippen molar-refractivity contribution in [1.29, 1.82) is 0 Å². The molecule has 182 valence electrons. The molecule has 0 spiro atoms. The molecule has 34 heavy (non-hydrogen) atoms. The maximum atomic E-state index is 14.3. The highest BCUT2D eigenvalue weighted by molar-refractivity contribution is 5.85. The van der Waals surface area contributed by atoms with Crippen molar-refractivity contribution in [3.63, 3.8) is 0 Å². The van der Waals surface area contributed by atoms with E-state index in [2.05, 4.69) is 20.6 Å². The minimum atomic E-state index is -1.12. The van der Waals surface area contributed by atoms with Gasteiger partial charge in [-0.1, -0.05) is 0 Å². The summed E-state index contributed by atoms with van der Waals surface area (Å²) in [4.78, 5) is 22.6. The van der Waals surface area contributed by atoms with Crippen LogP contribution in [0.5, 0.6) is 0 Å². The summed E-state index contributed by atoms with van der Waals surface area (Å²) in [6, 6.07) is 2.98. The second-order valence-corrected chi connectivity index (χ2v) is 9.15. The molecule has 1 fully saturated rings. The number of aromatic nitrogens is 3. The summed E-state index contributed by atoms with van der Waals surface area (Å²) in [6.45, 7) is 1.68. The Morgan fingerprint density at radius 1 is 1.21 bits per heavy atom. The van der Waals surface area contributed by atoms with Gasteiger partial charge < -0.3 is 25.2 Å². The Kier molecular flexibility index (Phi) is 6.39. The number of benzene rings is 1. The maximum Gasteiger partial charge on any atom is 0.242 e. The number of hydrogen-bond acceptors (Lipinski definition) is 6. The molecule has 0 radical (unpaired) electrons. The standard InChI is InChI=1S/C23H27F3N6O2/c1-23(34)6-4-14(5-7-23)28-19-10-18-17(11-27-19)29-22(32(18)12-20(33)31(2)3)30-21-15(25)8-13(24)9-16(21)26/h8-11,14,34H,4-7,12H2,1-3H3,(H,27,28)(H,29,30). The lowest BCUT2D eigenvalue weighted by Crippen LogP contribution is -2.35. The second kappa shape index (κ2) is 9.13. The molecule has 0 atom stereocenters. The summed E-state index contributed by atoms with van der Waals surface area (Å²) >= 11 is 0. The van der Waals surface area contributed by atoms with Crippen LogP contribution in [0.25, 0.3) is 11.0 Å². The fraction of sp³-hybridized carbons (Fsp3) is 0.435. The Balaban J connectivity index is 1.69. The smallest absolute Gasteiger partial charge is 0.242 e. The number of carbonyl (C=O) groups is 1. The van der Waals surface area contributed by atoms with Gasteiger partial charge in [-0.3, -0.25) is 4.79 Å². The van der Waals surface area contributed by atoms with Gasteiger partial charge in [-0.15, -0.1) is 0 Å². The molecular weight excluding hydrogens is 449 g/mol. The summed E-state index contributed by atoms with van der Waals surface area (Å²) in [7, 11) is 3.20. The van der Waals surface area contributed by atoms with Gasteiger partial charge in [0.1, 0.15) is 29.4 Å². The Morgan fingerprint density at radius 2 is 1.85 bits per heavy atom. The molecule has 4 rings (SSSR count). The van der Waals surface area contributed by atoms with Crippen molar-refractivity contribution in [2.24, 2.45) is 0 Å². The molecule has 3 aromatic rings. The van der Waals surface area contributed by atoms with Crippen LogP contribution in [0.4, 0.5) is 30.6 Å². The summed E-state index contributed by atoms with van der Waals surface area (Å²) in [5, 5.41) is 16.1. The highest BCUT2D eigenvalue weighted by atomic mass is 19.1. The second-order valence-electron chi connectivity index (χ2n) is 9.15. The summed E-state index contributed by atoms with van der Waals surface area (Å²) in [5.74, 6) is -2.97. The topological polar surface area (TPSA) is 95.3 Å². The molecule has 1 amide bonds. The highest BCUT2D eigenvalue weighted by Crippen LogP contribution is 2.31. The number of pyridine rings is 1. The molecule has 1 aliphatic rings. The van der Waals surface area contributed by atoms with Crippen LogP contribution >= 0.6 is 0 Å². The third-order valence-electron chi connectivity index (χ3n) is 6.09. The molecule has 2 heterocycles. The molecule has 0 saturated heterocycles. The van der Waals surface area contributed by atoms with E-state index >= 15 is 0 Å². The van der Waals surface area contributed by atoms with E-state index in [0.29, 0.717) is 41.8 Å². The van der Waals surface area contributed by atoms with E-state index in [0.717, 1.165) is 12.8 Å². The zero-order valence-corrected chi connectivity index (χ0v) is 19.2. The van der Waals surface area contributed by atoms with Gasteiger partial charge >= 0.3 is 0 Å². The number of rotatable bonds is 6. The third-order valence-corrected chi connectivity index (χ3v) is 6.09. The van der Waals surface area contributed by atoms with Crippen molar-refractivity contribution in [2.75, 3.05) is 24.7 Å². The number of amides is 1. The fourth-order valence-corrected chi connectivity index (χ4v) is 4.01. The largest absolute Gasteiger partial charge is 0.390 e. The number of carbonyl (C=O) groups excluding carboxylic acids is 1. The average Bonchev–Trinajstić information content (AvgIpc) is 3.08. The maximum absolute atomic E-state index is 14.3. The SMILES string of the molecule is CN(C)C(=O)Cn1c(Nc2c(F)cc(F)cc2F)nc2cnc(NC3CCC(C)(O)CC3)cc21.